The molecule has 1 saturated carbocycles. The van der Waals surface area contributed by atoms with Gasteiger partial charge < -0.3 is 0 Å². The molecule has 0 spiro atoms. The zero-order valence-corrected chi connectivity index (χ0v) is 15.2. The van der Waals surface area contributed by atoms with E-state index in [0.29, 0.717) is 5.56 Å². The van der Waals surface area contributed by atoms with E-state index >= 15 is 0 Å². The molecule has 1 aromatic carbocycles. The van der Waals surface area contributed by atoms with Crippen molar-refractivity contribution in [1.82, 2.24) is 9.80 Å². The summed E-state index contributed by atoms with van der Waals surface area (Å²) in [5.41, 5.74) is -0.451. The largest absolute Gasteiger partial charge is 0.333 e. The smallest absolute Gasteiger partial charge is 0.292 e. The first-order valence-corrected chi connectivity index (χ1v) is 9.05. The summed E-state index contributed by atoms with van der Waals surface area (Å²) in [6.45, 7) is 1.44. The van der Waals surface area contributed by atoms with E-state index in [9.17, 15) is 19.2 Å². The van der Waals surface area contributed by atoms with Crippen LogP contribution in [0.15, 0.2) is 30.3 Å². The van der Waals surface area contributed by atoms with Crippen molar-refractivity contribution < 1.29 is 19.2 Å². The quantitative estimate of drug-likeness (QED) is 0.778. The van der Waals surface area contributed by atoms with Gasteiger partial charge in [-0.25, -0.2) is 4.79 Å². The molecule has 1 aliphatic heterocycles. The van der Waals surface area contributed by atoms with Crippen molar-refractivity contribution in [3.63, 3.8) is 0 Å². The first-order valence-electron chi connectivity index (χ1n) is 9.05. The van der Waals surface area contributed by atoms with Crippen molar-refractivity contribution in [2.24, 2.45) is 11.3 Å². The predicted octanol–water partition coefficient (Wildman–Crippen LogP) is 2.88. The second-order valence-corrected chi connectivity index (χ2v) is 7.49. The Hall–Kier alpha value is -2.50. The van der Waals surface area contributed by atoms with Crippen LogP contribution in [0.5, 0.6) is 0 Å². The molecule has 0 N–H and O–H groups in total. The van der Waals surface area contributed by atoms with Crippen LogP contribution in [0.3, 0.4) is 0 Å². The van der Waals surface area contributed by atoms with Crippen molar-refractivity contribution in [3.05, 3.63) is 35.9 Å². The highest BCUT2D eigenvalue weighted by atomic mass is 16.2. The average molecular weight is 356 g/mol. The summed E-state index contributed by atoms with van der Waals surface area (Å²) >= 11 is 0. The molecule has 0 radical (unpaired) electrons. The summed E-state index contributed by atoms with van der Waals surface area (Å²) in [4.78, 5) is 52.9. The minimum Gasteiger partial charge on any atom is -0.292 e. The first-order chi connectivity index (χ1) is 12.3. The van der Waals surface area contributed by atoms with Gasteiger partial charge in [0.2, 0.25) is 11.8 Å². The number of imide groups is 2. The Morgan fingerprint density at radius 2 is 1.73 bits per heavy atom. The number of carbonyl (C=O) groups is 4. The van der Waals surface area contributed by atoms with Gasteiger partial charge in [0.25, 0.3) is 0 Å². The predicted molar refractivity (Wildman–Crippen MR) is 95.3 cm³/mol. The molecule has 1 aromatic rings. The maximum Gasteiger partial charge on any atom is 0.333 e. The van der Waals surface area contributed by atoms with Gasteiger partial charge in [0, 0.05) is 19.0 Å². The highest BCUT2D eigenvalue weighted by Gasteiger charge is 2.50. The van der Waals surface area contributed by atoms with Crippen LogP contribution in [-0.4, -0.2) is 47.0 Å². The number of benzene rings is 1. The van der Waals surface area contributed by atoms with Gasteiger partial charge in [0.1, 0.15) is 0 Å². The minimum absolute atomic E-state index is 0.0331. The normalized spacial score (nSPS) is 24.9. The highest BCUT2D eigenvalue weighted by Crippen LogP contribution is 2.44. The fourth-order valence-electron chi connectivity index (χ4n) is 4.14. The zero-order chi connectivity index (χ0) is 18.9. The Morgan fingerprint density at radius 1 is 1.12 bits per heavy atom. The van der Waals surface area contributed by atoms with E-state index in [4.69, 9.17) is 0 Å². The molecule has 6 nitrogen and oxygen atoms in total. The number of hydrogen-bond donors (Lipinski definition) is 0. The van der Waals surface area contributed by atoms with Gasteiger partial charge in [-0.05, 0) is 25.7 Å². The van der Waals surface area contributed by atoms with Gasteiger partial charge >= 0.3 is 6.03 Å². The lowest BCUT2D eigenvalue weighted by molar-refractivity contribution is -0.142. The Bertz CT molecular complexity index is 739. The highest BCUT2D eigenvalue weighted by molar-refractivity contribution is 6.11. The van der Waals surface area contributed by atoms with Crippen LogP contribution in [-0.2, 0) is 9.59 Å². The number of nitrogens with zero attached hydrogens (tertiary/aromatic N) is 2. The third-order valence-corrected chi connectivity index (χ3v) is 5.78. The van der Waals surface area contributed by atoms with Gasteiger partial charge in [-0.15, -0.1) is 0 Å². The van der Waals surface area contributed by atoms with Crippen LogP contribution < -0.4 is 0 Å². The molecule has 26 heavy (non-hydrogen) atoms. The van der Waals surface area contributed by atoms with Crippen LogP contribution in [0.25, 0.3) is 0 Å². The van der Waals surface area contributed by atoms with Crippen molar-refractivity contribution in [3.8, 4) is 0 Å². The SMILES string of the molecule is CN1C(=O)N(CC(=O)c2ccccc2)C(=O)CC(C)(C2CCCC2)C1=O. The molecule has 3 rings (SSSR count). The molecule has 6 heteroatoms. The fourth-order valence-corrected chi connectivity index (χ4v) is 4.14. The summed E-state index contributed by atoms with van der Waals surface area (Å²) in [5, 5.41) is 0. The van der Waals surface area contributed by atoms with E-state index in [1.807, 2.05) is 0 Å². The average Bonchev–Trinajstić information content (AvgIpc) is 3.18. The summed E-state index contributed by atoms with van der Waals surface area (Å²) in [6.07, 6.45) is 3.82. The Kier molecular flexibility index (Phi) is 4.94. The number of Topliss-reactive ketones (excluding diaryl/α,β-unsaturated/α-hetero) is 1. The molecular formula is C20H24N2O4. The maximum absolute atomic E-state index is 13.0. The second-order valence-electron chi connectivity index (χ2n) is 7.49. The topological polar surface area (TPSA) is 74.8 Å². The standard InChI is InChI=1S/C20H24N2O4/c1-20(15-10-6-7-11-15)12-17(24)22(19(26)21(2)18(20)25)13-16(23)14-8-4-3-5-9-14/h3-5,8-9,15H,6-7,10-13H2,1-2H3. The van der Waals surface area contributed by atoms with Gasteiger partial charge in [-0.2, -0.15) is 0 Å². The molecule has 2 fully saturated rings. The third kappa shape index (κ3) is 3.16. The van der Waals surface area contributed by atoms with Crippen molar-refractivity contribution in [1.29, 1.82) is 0 Å². The summed E-state index contributed by atoms with van der Waals surface area (Å²) in [6, 6.07) is 7.82. The summed E-state index contributed by atoms with van der Waals surface area (Å²) < 4.78 is 0. The number of rotatable bonds is 4. The van der Waals surface area contributed by atoms with Gasteiger partial charge in [-0.1, -0.05) is 43.2 Å². The molecule has 138 valence electrons. The fraction of sp³-hybridized carbons (Fsp3) is 0.500. The number of urea groups is 1. The lowest BCUT2D eigenvalue weighted by atomic mass is 9.72. The number of carbonyl (C=O) groups excluding carboxylic acids is 4. The van der Waals surface area contributed by atoms with Crippen LogP contribution in [0.4, 0.5) is 4.79 Å². The summed E-state index contributed by atoms with van der Waals surface area (Å²) in [7, 11) is 1.40. The Labute approximate surface area is 153 Å². The van der Waals surface area contributed by atoms with Crippen molar-refractivity contribution in [2.75, 3.05) is 13.6 Å². The number of amides is 4. The molecule has 1 saturated heterocycles. The molecule has 1 heterocycles. The minimum atomic E-state index is -0.886. The molecule has 1 unspecified atom stereocenters. The van der Waals surface area contributed by atoms with Gasteiger partial charge in [0.15, 0.2) is 5.78 Å². The molecular weight excluding hydrogens is 332 g/mol. The molecule has 1 aliphatic carbocycles. The molecule has 0 aromatic heterocycles. The summed E-state index contributed by atoms with van der Waals surface area (Å²) in [5.74, 6) is -1.000. The van der Waals surface area contributed by atoms with Crippen LogP contribution in [0.2, 0.25) is 0 Å². The first kappa shape index (κ1) is 18.3. The Balaban J connectivity index is 1.86. The van der Waals surface area contributed by atoms with Crippen molar-refractivity contribution in [2.45, 2.75) is 39.0 Å². The molecule has 0 bridgehead atoms. The van der Waals surface area contributed by atoms with E-state index in [2.05, 4.69) is 0 Å². The molecule has 2 aliphatic rings. The van der Waals surface area contributed by atoms with E-state index in [0.717, 1.165) is 35.5 Å². The van der Waals surface area contributed by atoms with E-state index in [-0.39, 0.29) is 30.6 Å². The van der Waals surface area contributed by atoms with Crippen molar-refractivity contribution >= 4 is 23.6 Å². The zero-order valence-electron chi connectivity index (χ0n) is 15.2. The number of ketones is 1. The lowest BCUT2D eigenvalue weighted by Crippen LogP contribution is -2.47. The molecule has 4 amide bonds. The van der Waals surface area contributed by atoms with Gasteiger partial charge in [0.05, 0.1) is 12.0 Å². The second kappa shape index (κ2) is 7.02. The monoisotopic (exact) mass is 356 g/mol. The van der Waals surface area contributed by atoms with Crippen LogP contribution >= 0.6 is 0 Å². The molecule has 1 atom stereocenters. The van der Waals surface area contributed by atoms with E-state index < -0.39 is 17.4 Å². The lowest BCUT2D eigenvalue weighted by Gasteiger charge is -2.33. The maximum atomic E-state index is 13.0. The van der Waals surface area contributed by atoms with Crippen LogP contribution in [0, 0.1) is 11.3 Å². The van der Waals surface area contributed by atoms with Crippen LogP contribution in [0.1, 0.15) is 49.4 Å². The Morgan fingerprint density at radius 3 is 2.35 bits per heavy atom. The van der Waals surface area contributed by atoms with E-state index in [1.54, 1.807) is 37.3 Å². The van der Waals surface area contributed by atoms with E-state index in [1.165, 1.54) is 7.05 Å². The van der Waals surface area contributed by atoms with Gasteiger partial charge in [-0.3, -0.25) is 24.2 Å². The third-order valence-electron chi connectivity index (χ3n) is 5.78. The number of hydrogen-bond acceptors (Lipinski definition) is 4.